The number of anilines is 1. The minimum atomic E-state index is -0.316. The maximum atomic E-state index is 12.7. The van der Waals surface area contributed by atoms with E-state index in [0.29, 0.717) is 28.2 Å². The zero-order chi connectivity index (χ0) is 18.9. The third kappa shape index (κ3) is 4.07. The normalized spacial score (nSPS) is 17.7. The predicted molar refractivity (Wildman–Crippen MR) is 104 cm³/mol. The Morgan fingerprint density at radius 2 is 2.19 bits per heavy atom. The molecule has 1 aliphatic heterocycles. The smallest absolute Gasteiger partial charge is 0.277 e. The molecule has 3 N–H and O–H groups in total. The summed E-state index contributed by atoms with van der Waals surface area (Å²) in [6.45, 7) is 7.69. The first-order chi connectivity index (χ1) is 12.2. The summed E-state index contributed by atoms with van der Waals surface area (Å²) in [6, 6.07) is 3.50. The Morgan fingerprint density at radius 3 is 2.88 bits per heavy atom. The van der Waals surface area contributed by atoms with Gasteiger partial charge in [-0.05, 0) is 18.6 Å². The molecule has 1 unspecified atom stereocenters. The number of nitrogens with one attached hydrogen (secondary N) is 1. The summed E-state index contributed by atoms with van der Waals surface area (Å²) in [5.41, 5.74) is 7.24. The molecule has 1 aliphatic rings. The molecule has 8 heteroatoms. The lowest BCUT2D eigenvalue weighted by Crippen LogP contribution is -2.20. The van der Waals surface area contributed by atoms with E-state index >= 15 is 0 Å². The Labute approximate surface area is 156 Å². The van der Waals surface area contributed by atoms with Gasteiger partial charge in [0.15, 0.2) is 16.8 Å². The van der Waals surface area contributed by atoms with E-state index in [0.717, 1.165) is 17.9 Å². The lowest BCUT2D eigenvalue weighted by atomic mass is 9.91. The van der Waals surface area contributed by atoms with Crippen LogP contribution in [0.3, 0.4) is 0 Å². The van der Waals surface area contributed by atoms with Crippen LogP contribution in [0.4, 0.5) is 5.69 Å². The third-order valence-electron chi connectivity index (χ3n) is 3.94. The average molecular weight is 373 g/mol. The average Bonchev–Trinajstić information content (AvgIpc) is 2.97. The summed E-state index contributed by atoms with van der Waals surface area (Å²) in [7, 11) is 0. The van der Waals surface area contributed by atoms with Gasteiger partial charge in [0, 0.05) is 30.0 Å². The number of aryl methyl sites for hydroxylation is 1. The van der Waals surface area contributed by atoms with Crippen molar-refractivity contribution in [2.24, 2.45) is 10.7 Å². The van der Waals surface area contributed by atoms with Crippen molar-refractivity contribution in [1.82, 2.24) is 9.97 Å². The quantitative estimate of drug-likeness (QED) is 0.854. The Hall–Kier alpha value is -2.35. The highest BCUT2D eigenvalue weighted by molar-refractivity contribution is 8.13. The molecular weight excluding hydrogens is 350 g/mol. The molecule has 138 valence electrons. The number of rotatable bonds is 3. The molecule has 0 saturated carbocycles. The van der Waals surface area contributed by atoms with Gasteiger partial charge in [-0.3, -0.25) is 14.8 Å². The maximum absolute atomic E-state index is 12.7. The van der Waals surface area contributed by atoms with Crippen molar-refractivity contribution in [2.75, 3.05) is 11.1 Å². The number of hydrogen-bond donors (Lipinski definition) is 2. The summed E-state index contributed by atoms with van der Waals surface area (Å²) < 4.78 is 5.65. The molecule has 0 spiro atoms. The standard InChI is InChI=1S/C18H23N5O2S/c1-10-21-14(15(25-10)18(2,3)4)16(24)22-11-5-7-20-13(9-11)12-6-8-26-17(19)23-12/h5,7,9,12H,6,8H2,1-4H3,(H2,19,23)(H,20,22,24). The Bertz CT molecular complexity index is 854. The van der Waals surface area contributed by atoms with Gasteiger partial charge in [-0.2, -0.15) is 0 Å². The molecule has 7 nitrogen and oxygen atoms in total. The monoisotopic (exact) mass is 373 g/mol. The lowest BCUT2D eigenvalue weighted by molar-refractivity contribution is 0.101. The van der Waals surface area contributed by atoms with E-state index in [4.69, 9.17) is 10.2 Å². The van der Waals surface area contributed by atoms with Gasteiger partial charge in [0.05, 0.1) is 11.7 Å². The predicted octanol–water partition coefficient (Wildman–Crippen LogP) is 3.42. The van der Waals surface area contributed by atoms with Crippen LogP contribution in [-0.2, 0) is 5.41 Å². The number of amidine groups is 1. The van der Waals surface area contributed by atoms with Crippen LogP contribution in [0.25, 0.3) is 0 Å². The number of oxazole rings is 1. The first-order valence-corrected chi connectivity index (χ1v) is 9.44. The highest BCUT2D eigenvalue weighted by Gasteiger charge is 2.28. The van der Waals surface area contributed by atoms with Gasteiger partial charge in [-0.1, -0.05) is 32.5 Å². The fraction of sp³-hybridized carbons (Fsp3) is 0.444. The van der Waals surface area contributed by atoms with E-state index in [1.165, 1.54) is 0 Å². The number of nitrogens with zero attached hydrogens (tertiary/aromatic N) is 3. The second kappa shape index (κ2) is 7.11. The van der Waals surface area contributed by atoms with Crippen molar-refractivity contribution in [1.29, 1.82) is 0 Å². The fourth-order valence-corrected chi connectivity index (χ4v) is 3.48. The van der Waals surface area contributed by atoms with E-state index in [2.05, 4.69) is 20.3 Å². The summed E-state index contributed by atoms with van der Waals surface area (Å²) in [4.78, 5) is 25.8. The van der Waals surface area contributed by atoms with Crippen LogP contribution < -0.4 is 11.1 Å². The molecular formula is C18H23N5O2S. The van der Waals surface area contributed by atoms with E-state index in [1.807, 2.05) is 26.8 Å². The molecule has 0 radical (unpaired) electrons. The Balaban J connectivity index is 1.83. The van der Waals surface area contributed by atoms with Gasteiger partial charge in [-0.15, -0.1) is 0 Å². The second-order valence-electron chi connectivity index (χ2n) is 7.20. The first-order valence-electron chi connectivity index (χ1n) is 8.45. The van der Waals surface area contributed by atoms with E-state index < -0.39 is 0 Å². The lowest BCUT2D eigenvalue weighted by Gasteiger charge is -2.18. The number of pyridine rings is 1. The number of aliphatic imine (C=N–C) groups is 1. The van der Waals surface area contributed by atoms with Crippen molar-refractivity contribution in [3.05, 3.63) is 41.4 Å². The minimum absolute atomic E-state index is 0.0764. The fourth-order valence-electron chi connectivity index (χ4n) is 2.73. The molecule has 0 aliphatic carbocycles. The highest BCUT2D eigenvalue weighted by Crippen LogP contribution is 2.29. The molecule has 0 aromatic carbocycles. The van der Waals surface area contributed by atoms with Crippen molar-refractivity contribution in [3.63, 3.8) is 0 Å². The van der Waals surface area contributed by atoms with Crippen molar-refractivity contribution >= 4 is 28.5 Å². The number of carbonyl (C=O) groups excluding carboxylic acids is 1. The number of amides is 1. The van der Waals surface area contributed by atoms with Crippen molar-refractivity contribution in [2.45, 2.75) is 45.6 Å². The Morgan fingerprint density at radius 1 is 1.42 bits per heavy atom. The van der Waals surface area contributed by atoms with Crippen LogP contribution in [0.15, 0.2) is 27.7 Å². The molecule has 26 heavy (non-hydrogen) atoms. The van der Waals surface area contributed by atoms with Crippen LogP contribution in [0.2, 0.25) is 0 Å². The van der Waals surface area contributed by atoms with Crippen LogP contribution in [0, 0.1) is 6.92 Å². The maximum Gasteiger partial charge on any atom is 0.277 e. The number of aromatic nitrogens is 2. The Kier molecular flexibility index (Phi) is 5.04. The molecule has 3 heterocycles. The van der Waals surface area contributed by atoms with Gasteiger partial charge < -0.3 is 15.5 Å². The molecule has 0 bridgehead atoms. The van der Waals surface area contributed by atoms with Crippen molar-refractivity contribution < 1.29 is 9.21 Å². The first kappa shape index (κ1) is 18.4. The van der Waals surface area contributed by atoms with E-state index in [1.54, 1.807) is 30.9 Å². The molecule has 3 rings (SSSR count). The number of carbonyl (C=O) groups is 1. The van der Waals surface area contributed by atoms with Gasteiger partial charge >= 0.3 is 0 Å². The highest BCUT2D eigenvalue weighted by atomic mass is 32.2. The summed E-state index contributed by atoms with van der Waals surface area (Å²) in [5.74, 6) is 1.65. The molecule has 1 amide bonds. The third-order valence-corrected chi connectivity index (χ3v) is 4.78. The van der Waals surface area contributed by atoms with Gasteiger partial charge in [0.2, 0.25) is 0 Å². The van der Waals surface area contributed by atoms with Gasteiger partial charge in [0.25, 0.3) is 5.91 Å². The topological polar surface area (TPSA) is 106 Å². The number of hydrogen-bond acceptors (Lipinski definition) is 7. The molecule has 2 aromatic rings. The molecule has 1 atom stereocenters. The zero-order valence-electron chi connectivity index (χ0n) is 15.4. The molecule has 0 saturated heterocycles. The largest absolute Gasteiger partial charge is 0.445 e. The number of nitrogens with two attached hydrogens (primary N) is 1. The summed E-state index contributed by atoms with van der Waals surface area (Å²) >= 11 is 1.55. The van der Waals surface area contributed by atoms with Crippen LogP contribution in [0.5, 0.6) is 0 Å². The summed E-state index contributed by atoms with van der Waals surface area (Å²) in [6.07, 6.45) is 2.53. The van der Waals surface area contributed by atoms with Crippen molar-refractivity contribution in [3.8, 4) is 0 Å². The zero-order valence-corrected chi connectivity index (χ0v) is 16.2. The second-order valence-corrected chi connectivity index (χ2v) is 8.32. The van der Waals surface area contributed by atoms with Crippen LogP contribution in [-0.4, -0.2) is 26.8 Å². The van der Waals surface area contributed by atoms with Gasteiger partial charge in [0.1, 0.15) is 5.76 Å². The van der Waals surface area contributed by atoms with Crippen LogP contribution >= 0.6 is 11.8 Å². The number of thioether (sulfide) groups is 1. The van der Waals surface area contributed by atoms with E-state index in [-0.39, 0.29) is 17.4 Å². The minimum Gasteiger partial charge on any atom is -0.445 e. The van der Waals surface area contributed by atoms with Gasteiger partial charge in [-0.25, -0.2) is 4.98 Å². The summed E-state index contributed by atoms with van der Waals surface area (Å²) in [5, 5.41) is 3.46. The SMILES string of the molecule is Cc1nc(C(=O)Nc2ccnc(C3CCSC(N)=N3)c2)c(C(C)(C)C)o1. The molecule has 2 aromatic heterocycles. The van der Waals surface area contributed by atoms with E-state index in [9.17, 15) is 4.79 Å². The molecule has 0 fully saturated rings. The van der Waals surface area contributed by atoms with Crippen LogP contribution in [0.1, 0.15) is 61.1 Å².